The summed E-state index contributed by atoms with van der Waals surface area (Å²) in [7, 11) is 0. The van der Waals surface area contributed by atoms with Crippen molar-refractivity contribution in [2.24, 2.45) is 0 Å². The summed E-state index contributed by atoms with van der Waals surface area (Å²) in [5.41, 5.74) is 0.427. The predicted molar refractivity (Wildman–Crippen MR) is 72.1 cm³/mol. The van der Waals surface area contributed by atoms with Gasteiger partial charge in [0.25, 0.3) is 0 Å². The van der Waals surface area contributed by atoms with Crippen molar-refractivity contribution in [3.8, 4) is 0 Å². The van der Waals surface area contributed by atoms with Crippen molar-refractivity contribution in [1.29, 1.82) is 0 Å². The molecule has 2 N–H and O–H groups in total. The first-order chi connectivity index (χ1) is 7.88. The van der Waals surface area contributed by atoms with Crippen LogP contribution in [0.1, 0.15) is 20.8 Å². The highest BCUT2D eigenvalue weighted by molar-refractivity contribution is 7.15. The highest BCUT2D eigenvalue weighted by Gasteiger charge is 2.15. The number of alkyl carbamates (subject to hydrolysis) is 1. The van der Waals surface area contributed by atoms with Crippen LogP contribution in [-0.4, -0.2) is 24.8 Å². The number of rotatable bonds is 4. The molecule has 0 aliphatic heterocycles. The summed E-state index contributed by atoms with van der Waals surface area (Å²) >= 11 is 7.38. The van der Waals surface area contributed by atoms with Crippen molar-refractivity contribution in [3.63, 3.8) is 0 Å². The standard InChI is InChI=1S/C11H17ClN2O2S/c1-11(2,3)16-10(15)14-6-5-13-8-4-7-17-9(8)12/h4,7,13H,5-6H2,1-3H3,(H,14,15). The van der Waals surface area contributed by atoms with Crippen molar-refractivity contribution in [2.45, 2.75) is 26.4 Å². The van der Waals surface area contributed by atoms with E-state index in [1.807, 2.05) is 32.2 Å². The lowest BCUT2D eigenvalue weighted by atomic mass is 10.2. The molecule has 0 aliphatic rings. The van der Waals surface area contributed by atoms with E-state index in [2.05, 4.69) is 10.6 Å². The molecular weight excluding hydrogens is 260 g/mol. The number of nitrogens with one attached hydrogen (secondary N) is 2. The minimum absolute atomic E-state index is 0.407. The van der Waals surface area contributed by atoms with E-state index < -0.39 is 11.7 Å². The maximum atomic E-state index is 11.3. The van der Waals surface area contributed by atoms with Gasteiger partial charge in [-0.2, -0.15) is 0 Å². The fraction of sp³-hybridized carbons (Fsp3) is 0.545. The first kappa shape index (κ1) is 14.1. The van der Waals surface area contributed by atoms with E-state index in [9.17, 15) is 4.79 Å². The van der Waals surface area contributed by atoms with Crippen molar-refractivity contribution < 1.29 is 9.53 Å². The molecule has 96 valence electrons. The summed E-state index contributed by atoms with van der Waals surface area (Å²) in [6.45, 7) is 6.58. The van der Waals surface area contributed by atoms with E-state index in [1.54, 1.807) is 0 Å². The fourth-order valence-electron chi connectivity index (χ4n) is 1.10. The Morgan fingerprint density at radius 3 is 2.71 bits per heavy atom. The minimum Gasteiger partial charge on any atom is -0.444 e. The Bertz CT molecular complexity index is 374. The van der Waals surface area contributed by atoms with Gasteiger partial charge in [0.2, 0.25) is 0 Å². The summed E-state index contributed by atoms with van der Waals surface area (Å²) in [6, 6.07) is 1.90. The smallest absolute Gasteiger partial charge is 0.407 e. The van der Waals surface area contributed by atoms with Crippen LogP contribution in [0.25, 0.3) is 0 Å². The van der Waals surface area contributed by atoms with Gasteiger partial charge in [-0.3, -0.25) is 0 Å². The zero-order valence-corrected chi connectivity index (χ0v) is 11.7. The number of hydrogen-bond acceptors (Lipinski definition) is 4. The molecule has 4 nitrogen and oxygen atoms in total. The highest BCUT2D eigenvalue weighted by atomic mass is 35.5. The predicted octanol–water partition coefficient (Wildman–Crippen LogP) is 3.34. The molecule has 0 aliphatic carbocycles. The van der Waals surface area contributed by atoms with Gasteiger partial charge in [-0.05, 0) is 32.2 Å². The lowest BCUT2D eigenvalue weighted by molar-refractivity contribution is 0.0530. The maximum absolute atomic E-state index is 11.3. The summed E-state index contributed by atoms with van der Waals surface area (Å²) in [5, 5.41) is 7.69. The molecule has 0 unspecified atom stereocenters. The van der Waals surface area contributed by atoms with Crippen LogP contribution in [0.5, 0.6) is 0 Å². The SMILES string of the molecule is CC(C)(C)OC(=O)NCCNc1ccsc1Cl. The molecule has 1 aromatic heterocycles. The van der Waals surface area contributed by atoms with Crippen molar-refractivity contribution in [1.82, 2.24) is 5.32 Å². The van der Waals surface area contributed by atoms with Crippen molar-refractivity contribution >= 4 is 34.7 Å². The van der Waals surface area contributed by atoms with Gasteiger partial charge in [-0.1, -0.05) is 11.6 Å². The third-order valence-electron chi connectivity index (χ3n) is 1.73. The molecule has 1 amide bonds. The second-order valence-corrected chi connectivity index (χ2v) is 5.98. The summed E-state index contributed by atoms with van der Waals surface area (Å²) in [4.78, 5) is 11.3. The Balaban J connectivity index is 2.17. The molecule has 0 atom stereocenters. The van der Waals surface area contributed by atoms with Crippen LogP contribution in [-0.2, 0) is 4.74 Å². The average Bonchev–Trinajstić information content (AvgIpc) is 2.56. The largest absolute Gasteiger partial charge is 0.444 e. The molecule has 0 saturated heterocycles. The molecule has 17 heavy (non-hydrogen) atoms. The Hall–Kier alpha value is -0.940. The number of carbonyl (C=O) groups excluding carboxylic acids is 1. The third kappa shape index (κ3) is 5.79. The first-order valence-electron chi connectivity index (χ1n) is 5.32. The molecular formula is C11H17ClN2O2S. The molecule has 0 radical (unpaired) electrons. The van der Waals surface area contributed by atoms with Crippen LogP contribution in [0, 0.1) is 0 Å². The van der Waals surface area contributed by atoms with Crippen LogP contribution >= 0.6 is 22.9 Å². The second kappa shape index (κ2) is 6.12. The summed E-state index contributed by atoms with van der Waals surface area (Å²) < 4.78 is 5.82. The van der Waals surface area contributed by atoms with Crippen LogP contribution in [0.2, 0.25) is 4.34 Å². The van der Waals surface area contributed by atoms with E-state index in [1.165, 1.54) is 11.3 Å². The normalized spacial score (nSPS) is 11.1. The Labute approximate surface area is 110 Å². The van der Waals surface area contributed by atoms with Crippen LogP contribution < -0.4 is 10.6 Å². The number of halogens is 1. The fourth-order valence-corrected chi connectivity index (χ4v) is 1.97. The van der Waals surface area contributed by atoms with Gasteiger partial charge in [0, 0.05) is 13.1 Å². The average molecular weight is 277 g/mol. The highest BCUT2D eigenvalue weighted by Crippen LogP contribution is 2.27. The van der Waals surface area contributed by atoms with Crippen LogP contribution in [0.3, 0.4) is 0 Å². The van der Waals surface area contributed by atoms with Gasteiger partial charge in [-0.15, -0.1) is 11.3 Å². The van der Waals surface area contributed by atoms with Crippen LogP contribution in [0.4, 0.5) is 10.5 Å². The lowest BCUT2D eigenvalue weighted by Crippen LogP contribution is -2.34. The van der Waals surface area contributed by atoms with Gasteiger partial charge in [-0.25, -0.2) is 4.79 Å². The van der Waals surface area contributed by atoms with Gasteiger partial charge >= 0.3 is 6.09 Å². The molecule has 1 aromatic rings. The minimum atomic E-state index is -0.464. The Morgan fingerprint density at radius 2 is 2.18 bits per heavy atom. The van der Waals surface area contributed by atoms with Crippen LogP contribution in [0.15, 0.2) is 11.4 Å². The molecule has 6 heteroatoms. The molecule has 0 saturated carbocycles. The first-order valence-corrected chi connectivity index (χ1v) is 6.58. The molecule has 0 spiro atoms. The number of amides is 1. The number of thiophene rings is 1. The molecule has 0 fully saturated rings. The number of hydrogen-bond donors (Lipinski definition) is 2. The van der Waals surface area contributed by atoms with E-state index in [4.69, 9.17) is 16.3 Å². The summed E-state index contributed by atoms with van der Waals surface area (Å²) in [6.07, 6.45) is -0.407. The van der Waals surface area contributed by atoms with E-state index in [0.29, 0.717) is 13.1 Å². The van der Waals surface area contributed by atoms with Gasteiger partial charge in [0.1, 0.15) is 9.94 Å². The third-order valence-corrected chi connectivity index (χ3v) is 2.90. The van der Waals surface area contributed by atoms with Gasteiger partial charge in [0.05, 0.1) is 5.69 Å². The molecule has 0 aromatic carbocycles. The summed E-state index contributed by atoms with van der Waals surface area (Å²) in [5.74, 6) is 0. The van der Waals surface area contributed by atoms with Crippen molar-refractivity contribution in [3.05, 3.63) is 15.8 Å². The zero-order chi connectivity index (χ0) is 12.9. The van der Waals surface area contributed by atoms with Gasteiger partial charge in [0.15, 0.2) is 0 Å². The second-order valence-electron chi connectivity index (χ2n) is 4.46. The van der Waals surface area contributed by atoms with E-state index in [0.717, 1.165) is 10.0 Å². The van der Waals surface area contributed by atoms with E-state index in [-0.39, 0.29) is 0 Å². The Kier molecular flexibility index (Phi) is 5.08. The van der Waals surface area contributed by atoms with E-state index >= 15 is 0 Å². The zero-order valence-electron chi connectivity index (χ0n) is 10.2. The quantitative estimate of drug-likeness (QED) is 0.830. The number of ether oxygens (including phenoxy) is 1. The number of carbonyl (C=O) groups is 1. The topological polar surface area (TPSA) is 50.4 Å². The maximum Gasteiger partial charge on any atom is 0.407 e. The number of anilines is 1. The van der Waals surface area contributed by atoms with Crippen molar-refractivity contribution in [2.75, 3.05) is 18.4 Å². The molecule has 1 rings (SSSR count). The monoisotopic (exact) mass is 276 g/mol. The molecule has 1 heterocycles. The van der Waals surface area contributed by atoms with Gasteiger partial charge < -0.3 is 15.4 Å². The Morgan fingerprint density at radius 1 is 1.47 bits per heavy atom. The lowest BCUT2D eigenvalue weighted by Gasteiger charge is -2.19. The molecule has 0 bridgehead atoms.